The topological polar surface area (TPSA) is 37.9 Å². The lowest BCUT2D eigenvalue weighted by atomic mass is 10.2. The van der Waals surface area contributed by atoms with Gasteiger partial charge in [0.2, 0.25) is 0 Å². The van der Waals surface area contributed by atoms with E-state index in [1.807, 2.05) is 18.2 Å². The fourth-order valence-corrected chi connectivity index (χ4v) is 2.29. The van der Waals surface area contributed by atoms with Gasteiger partial charge in [-0.3, -0.25) is 0 Å². The summed E-state index contributed by atoms with van der Waals surface area (Å²) in [7, 11) is 1.44. The molecule has 3 nitrogen and oxygen atoms in total. The lowest BCUT2D eigenvalue weighted by Crippen LogP contribution is -1.89. The Bertz CT molecular complexity index is 754. The van der Waals surface area contributed by atoms with E-state index in [-0.39, 0.29) is 5.75 Å². The summed E-state index contributed by atoms with van der Waals surface area (Å²) in [6.07, 6.45) is 0. The number of halogens is 2. The molecule has 3 rings (SSSR count). The largest absolute Gasteiger partial charge is 0.494 e. The number of nitrogens with one attached hydrogen (secondary N) is 1. The number of hydrogen-bond donors (Lipinski definition) is 1. The first kappa shape index (κ1) is 12.2. The lowest BCUT2D eigenvalue weighted by Gasteiger charge is -2.02. The average molecular weight is 321 g/mol. The van der Waals surface area contributed by atoms with E-state index in [9.17, 15) is 4.39 Å². The SMILES string of the molecule is COc1ccc(-c2nc3ccc(Br)cc3[nH]2)cc1F. The summed E-state index contributed by atoms with van der Waals surface area (Å²) < 4.78 is 19.5. The van der Waals surface area contributed by atoms with Crippen LogP contribution in [0.1, 0.15) is 0 Å². The Morgan fingerprint density at radius 3 is 2.79 bits per heavy atom. The van der Waals surface area contributed by atoms with E-state index in [2.05, 4.69) is 25.9 Å². The Kier molecular flexibility index (Phi) is 2.98. The fourth-order valence-electron chi connectivity index (χ4n) is 1.93. The molecule has 0 aliphatic heterocycles. The first-order valence-electron chi connectivity index (χ1n) is 5.66. The van der Waals surface area contributed by atoms with Gasteiger partial charge < -0.3 is 9.72 Å². The standard InChI is InChI=1S/C14H10BrFN2O/c1-19-13-5-2-8(6-10(13)16)14-17-11-4-3-9(15)7-12(11)18-14/h2-7H,1H3,(H,17,18). The fraction of sp³-hybridized carbons (Fsp3) is 0.0714. The molecule has 0 spiro atoms. The van der Waals surface area contributed by atoms with Crippen LogP contribution in [0.2, 0.25) is 0 Å². The van der Waals surface area contributed by atoms with E-state index in [0.717, 1.165) is 15.5 Å². The van der Waals surface area contributed by atoms with Gasteiger partial charge in [0.25, 0.3) is 0 Å². The monoisotopic (exact) mass is 320 g/mol. The van der Waals surface area contributed by atoms with E-state index in [0.29, 0.717) is 11.4 Å². The van der Waals surface area contributed by atoms with Crippen molar-refractivity contribution >= 4 is 27.0 Å². The van der Waals surface area contributed by atoms with Gasteiger partial charge in [-0.25, -0.2) is 9.37 Å². The maximum atomic E-state index is 13.7. The van der Waals surface area contributed by atoms with Crippen molar-refractivity contribution in [1.29, 1.82) is 0 Å². The maximum absolute atomic E-state index is 13.7. The number of ether oxygens (including phenoxy) is 1. The highest BCUT2D eigenvalue weighted by atomic mass is 79.9. The summed E-state index contributed by atoms with van der Waals surface area (Å²) in [5.41, 5.74) is 2.43. The second kappa shape index (κ2) is 4.66. The van der Waals surface area contributed by atoms with Crippen LogP contribution >= 0.6 is 15.9 Å². The number of methoxy groups -OCH3 is 1. The molecule has 0 saturated carbocycles. The Balaban J connectivity index is 2.11. The number of rotatable bonds is 2. The van der Waals surface area contributed by atoms with E-state index in [1.54, 1.807) is 12.1 Å². The highest BCUT2D eigenvalue weighted by Crippen LogP contribution is 2.26. The molecule has 0 bridgehead atoms. The van der Waals surface area contributed by atoms with Crippen molar-refractivity contribution in [3.63, 3.8) is 0 Å². The normalized spacial score (nSPS) is 10.9. The quantitative estimate of drug-likeness (QED) is 0.770. The van der Waals surface area contributed by atoms with Crippen LogP contribution < -0.4 is 4.74 Å². The van der Waals surface area contributed by atoms with Crippen LogP contribution in [0.15, 0.2) is 40.9 Å². The minimum Gasteiger partial charge on any atom is -0.494 e. The minimum absolute atomic E-state index is 0.225. The third-order valence-corrected chi connectivity index (χ3v) is 3.36. The predicted octanol–water partition coefficient (Wildman–Crippen LogP) is 4.14. The first-order chi connectivity index (χ1) is 9.17. The van der Waals surface area contributed by atoms with Crippen molar-refractivity contribution < 1.29 is 9.13 Å². The number of aromatic amines is 1. The first-order valence-corrected chi connectivity index (χ1v) is 6.46. The number of imidazole rings is 1. The van der Waals surface area contributed by atoms with Gasteiger partial charge in [0, 0.05) is 10.0 Å². The summed E-state index contributed by atoms with van der Waals surface area (Å²) in [5, 5.41) is 0. The minimum atomic E-state index is -0.401. The van der Waals surface area contributed by atoms with E-state index < -0.39 is 5.82 Å². The van der Waals surface area contributed by atoms with E-state index in [4.69, 9.17) is 4.74 Å². The van der Waals surface area contributed by atoms with Crippen LogP contribution in [0, 0.1) is 5.82 Å². The molecule has 0 amide bonds. The molecule has 3 aromatic rings. The van der Waals surface area contributed by atoms with Crippen molar-refractivity contribution in [2.75, 3.05) is 7.11 Å². The zero-order chi connectivity index (χ0) is 13.4. The number of nitrogens with zero attached hydrogens (tertiary/aromatic N) is 1. The molecule has 96 valence electrons. The summed E-state index contributed by atoms with van der Waals surface area (Å²) in [4.78, 5) is 7.61. The molecule has 0 aliphatic carbocycles. The molecule has 1 heterocycles. The van der Waals surface area contributed by atoms with Crippen LogP contribution in [-0.2, 0) is 0 Å². The third-order valence-electron chi connectivity index (χ3n) is 2.87. The average Bonchev–Trinajstić information content (AvgIpc) is 2.81. The van der Waals surface area contributed by atoms with Gasteiger partial charge in [-0.05, 0) is 36.4 Å². The molecule has 0 unspecified atom stereocenters. The van der Waals surface area contributed by atoms with Crippen molar-refractivity contribution in [2.45, 2.75) is 0 Å². The van der Waals surface area contributed by atoms with Gasteiger partial charge in [-0.1, -0.05) is 15.9 Å². The molecule has 1 N–H and O–H groups in total. The van der Waals surface area contributed by atoms with Gasteiger partial charge in [0.05, 0.1) is 18.1 Å². The molecule has 0 radical (unpaired) electrons. The Hall–Kier alpha value is -1.88. The highest BCUT2D eigenvalue weighted by molar-refractivity contribution is 9.10. The van der Waals surface area contributed by atoms with Gasteiger partial charge in [0.1, 0.15) is 5.82 Å². The molecule has 0 saturated heterocycles. The Labute approximate surface area is 117 Å². The predicted molar refractivity (Wildman–Crippen MR) is 75.7 cm³/mol. The number of fused-ring (bicyclic) bond motifs is 1. The smallest absolute Gasteiger partial charge is 0.165 e. The van der Waals surface area contributed by atoms with Gasteiger partial charge in [-0.15, -0.1) is 0 Å². The lowest BCUT2D eigenvalue weighted by molar-refractivity contribution is 0.386. The molecule has 0 atom stereocenters. The maximum Gasteiger partial charge on any atom is 0.165 e. The number of hydrogen-bond acceptors (Lipinski definition) is 2. The zero-order valence-electron chi connectivity index (χ0n) is 10.1. The second-order valence-electron chi connectivity index (χ2n) is 4.10. The molecule has 5 heteroatoms. The molecular weight excluding hydrogens is 311 g/mol. The summed E-state index contributed by atoms with van der Waals surface area (Å²) in [6, 6.07) is 10.5. The number of H-pyrrole nitrogens is 1. The molecular formula is C14H10BrFN2O. The number of benzene rings is 2. The number of aromatic nitrogens is 2. The summed E-state index contributed by atoms with van der Waals surface area (Å²) in [5.74, 6) is 0.457. The Morgan fingerprint density at radius 1 is 1.21 bits per heavy atom. The second-order valence-corrected chi connectivity index (χ2v) is 5.01. The zero-order valence-corrected chi connectivity index (χ0v) is 11.7. The Morgan fingerprint density at radius 2 is 2.05 bits per heavy atom. The molecule has 1 aromatic heterocycles. The van der Waals surface area contributed by atoms with Gasteiger partial charge in [0.15, 0.2) is 11.6 Å². The molecule has 0 fully saturated rings. The van der Waals surface area contributed by atoms with Gasteiger partial charge >= 0.3 is 0 Å². The van der Waals surface area contributed by atoms with Crippen molar-refractivity contribution in [3.05, 3.63) is 46.7 Å². The molecule has 2 aromatic carbocycles. The van der Waals surface area contributed by atoms with Crippen molar-refractivity contribution in [3.8, 4) is 17.1 Å². The molecule has 0 aliphatic rings. The highest BCUT2D eigenvalue weighted by Gasteiger charge is 2.09. The van der Waals surface area contributed by atoms with Crippen molar-refractivity contribution in [1.82, 2.24) is 9.97 Å². The third kappa shape index (κ3) is 2.21. The summed E-state index contributed by atoms with van der Waals surface area (Å²) >= 11 is 3.40. The van der Waals surface area contributed by atoms with Crippen LogP contribution in [0.5, 0.6) is 5.75 Å². The molecule has 19 heavy (non-hydrogen) atoms. The van der Waals surface area contributed by atoms with Crippen LogP contribution in [0.3, 0.4) is 0 Å². The van der Waals surface area contributed by atoms with E-state index in [1.165, 1.54) is 13.2 Å². The van der Waals surface area contributed by atoms with Crippen LogP contribution in [0.4, 0.5) is 4.39 Å². The van der Waals surface area contributed by atoms with Crippen LogP contribution in [-0.4, -0.2) is 17.1 Å². The van der Waals surface area contributed by atoms with Gasteiger partial charge in [-0.2, -0.15) is 0 Å². The summed E-state index contributed by atoms with van der Waals surface area (Å²) in [6.45, 7) is 0. The van der Waals surface area contributed by atoms with E-state index >= 15 is 0 Å². The van der Waals surface area contributed by atoms with Crippen LogP contribution in [0.25, 0.3) is 22.4 Å². The van der Waals surface area contributed by atoms with Crippen molar-refractivity contribution in [2.24, 2.45) is 0 Å².